The number of nitroso groups, excluding NO2 is 1. The highest BCUT2D eigenvalue weighted by atomic mass is 19.4. The number of hydrogen-bond acceptors (Lipinski definition) is 7. The largest absolute Gasteiger partial charge is 0.418 e. The number of ether oxygens (including phenoxy) is 1. The number of carbonyl (C=O) groups is 1. The van der Waals surface area contributed by atoms with Crippen molar-refractivity contribution in [1.82, 2.24) is 9.88 Å². The molecule has 1 saturated carbocycles. The highest BCUT2D eigenvalue weighted by Crippen LogP contribution is 2.38. The first kappa shape index (κ1) is 30.5. The molecule has 1 amide bonds. The molecule has 230 valence electrons. The topological polar surface area (TPSA) is 87.1 Å². The number of amides is 1. The zero-order chi connectivity index (χ0) is 30.8. The van der Waals surface area contributed by atoms with E-state index in [2.05, 4.69) is 15.5 Å². The number of aromatic nitrogens is 1. The SMILES string of the molecule is O=Nc1ccc(N[C@H]2CC[C@H](OCC(=O)N3CCN(c4ccc5cc(C(F)(F)F)ccc5n4)CC3)CC2)cc1C(F)(F)F. The molecule has 8 nitrogen and oxygen atoms in total. The number of nitrogens with zero attached hydrogens (tertiary/aromatic N) is 4. The lowest BCUT2D eigenvalue weighted by Crippen LogP contribution is -2.50. The molecule has 1 aromatic heterocycles. The van der Waals surface area contributed by atoms with Gasteiger partial charge in [0.25, 0.3) is 0 Å². The summed E-state index contributed by atoms with van der Waals surface area (Å²) in [5, 5.41) is 5.95. The fourth-order valence-corrected chi connectivity index (χ4v) is 5.47. The van der Waals surface area contributed by atoms with Gasteiger partial charge in [0.15, 0.2) is 0 Å². The molecule has 43 heavy (non-hydrogen) atoms. The number of fused-ring (bicyclic) bond motifs is 1. The smallest absolute Gasteiger partial charge is 0.382 e. The number of anilines is 2. The quantitative estimate of drug-likeness (QED) is 0.235. The van der Waals surface area contributed by atoms with Crippen molar-refractivity contribution in [2.75, 3.05) is 43.0 Å². The standard InChI is InChI=1S/C29H29F6N5O3/c30-28(31,32)19-2-8-24-18(15-19)1-10-26(37-24)39-11-13-40(14-12-39)27(41)17-43-22-6-3-20(4-7-22)36-21-5-9-25(38-42)23(16-21)29(33,34)35/h1-2,5,8-10,15-16,20,22,36H,3-4,6-7,11-14,17H2/t20-,22-. The van der Waals surface area contributed by atoms with Gasteiger partial charge in [0, 0.05) is 43.3 Å². The molecule has 1 aliphatic heterocycles. The van der Waals surface area contributed by atoms with Crippen molar-refractivity contribution >= 4 is 34.0 Å². The van der Waals surface area contributed by atoms with Crippen molar-refractivity contribution < 1.29 is 35.9 Å². The summed E-state index contributed by atoms with van der Waals surface area (Å²) in [5.74, 6) is 0.488. The Bertz CT molecular complexity index is 1470. The van der Waals surface area contributed by atoms with Gasteiger partial charge in [0.2, 0.25) is 5.91 Å². The Hall–Kier alpha value is -3.94. The fourth-order valence-electron chi connectivity index (χ4n) is 5.47. The second-order valence-electron chi connectivity index (χ2n) is 10.7. The van der Waals surface area contributed by atoms with Gasteiger partial charge in [0.1, 0.15) is 18.1 Å². The van der Waals surface area contributed by atoms with Crippen LogP contribution in [-0.4, -0.2) is 60.7 Å². The maximum Gasteiger partial charge on any atom is 0.418 e. The molecule has 2 aromatic carbocycles. The molecule has 3 aromatic rings. The highest BCUT2D eigenvalue weighted by molar-refractivity contribution is 5.81. The van der Waals surface area contributed by atoms with Crippen LogP contribution in [0.2, 0.25) is 0 Å². The van der Waals surface area contributed by atoms with E-state index in [1.54, 1.807) is 17.0 Å². The minimum atomic E-state index is -4.69. The Kier molecular flexibility index (Phi) is 8.76. The normalized spacial score (nSPS) is 19.9. The lowest BCUT2D eigenvalue weighted by Gasteiger charge is -2.36. The fraction of sp³-hybridized carbons (Fsp3) is 0.448. The number of nitrogens with one attached hydrogen (secondary N) is 1. The van der Waals surface area contributed by atoms with Crippen LogP contribution in [0.4, 0.5) is 43.5 Å². The minimum Gasteiger partial charge on any atom is -0.382 e. The van der Waals surface area contributed by atoms with Crippen LogP contribution < -0.4 is 10.2 Å². The highest BCUT2D eigenvalue weighted by Gasteiger charge is 2.35. The van der Waals surface area contributed by atoms with E-state index in [0.717, 1.165) is 24.3 Å². The van der Waals surface area contributed by atoms with Crippen molar-refractivity contribution in [3.05, 3.63) is 64.6 Å². The van der Waals surface area contributed by atoms with Crippen LogP contribution in [0, 0.1) is 4.91 Å². The molecule has 1 aliphatic carbocycles. The van der Waals surface area contributed by atoms with Crippen molar-refractivity contribution in [3.63, 3.8) is 0 Å². The van der Waals surface area contributed by atoms with Crippen LogP contribution in [0.15, 0.2) is 53.7 Å². The molecule has 5 rings (SSSR count). The van der Waals surface area contributed by atoms with Crippen molar-refractivity contribution in [3.8, 4) is 0 Å². The Morgan fingerprint density at radius 3 is 2.28 bits per heavy atom. The van der Waals surface area contributed by atoms with Crippen molar-refractivity contribution in [2.24, 2.45) is 5.18 Å². The van der Waals surface area contributed by atoms with E-state index in [4.69, 9.17) is 4.74 Å². The zero-order valence-electron chi connectivity index (χ0n) is 22.9. The Morgan fingerprint density at radius 1 is 0.907 bits per heavy atom. The van der Waals surface area contributed by atoms with Crippen LogP contribution in [0.3, 0.4) is 0 Å². The number of piperazine rings is 1. The first-order chi connectivity index (χ1) is 20.4. The van der Waals surface area contributed by atoms with Gasteiger partial charge in [0.05, 0.1) is 22.7 Å². The van der Waals surface area contributed by atoms with Gasteiger partial charge in [-0.15, -0.1) is 4.91 Å². The number of pyridine rings is 1. The van der Waals surface area contributed by atoms with E-state index in [9.17, 15) is 36.0 Å². The molecule has 2 heterocycles. The molecule has 0 unspecified atom stereocenters. The van der Waals surface area contributed by atoms with E-state index in [0.29, 0.717) is 68.6 Å². The predicted molar refractivity (Wildman–Crippen MR) is 148 cm³/mol. The van der Waals surface area contributed by atoms with E-state index < -0.39 is 29.2 Å². The number of alkyl halides is 6. The molecule has 1 saturated heterocycles. The van der Waals surface area contributed by atoms with E-state index >= 15 is 0 Å². The molecule has 0 bridgehead atoms. The van der Waals surface area contributed by atoms with Gasteiger partial charge in [-0.05, 0) is 79.4 Å². The molecule has 0 atom stereocenters. The summed E-state index contributed by atoms with van der Waals surface area (Å²) in [7, 11) is 0. The number of rotatable bonds is 7. The van der Waals surface area contributed by atoms with Gasteiger partial charge >= 0.3 is 12.4 Å². The van der Waals surface area contributed by atoms with Crippen LogP contribution >= 0.6 is 0 Å². The third-order valence-electron chi connectivity index (χ3n) is 7.85. The molecule has 0 spiro atoms. The second-order valence-corrected chi connectivity index (χ2v) is 10.7. The van der Waals surface area contributed by atoms with Crippen molar-refractivity contribution in [1.29, 1.82) is 0 Å². The molecule has 1 N–H and O–H groups in total. The summed E-state index contributed by atoms with van der Waals surface area (Å²) >= 11 is 0. The van der Waals surface area contributed by atoms with E-state index in [1.807, 2.05) is 4.90 Å². The monoisotopic (exact) mass is 609 g/mol. The Labute approximate surface area is 243 Å². The first-order valence-corrected chi connectivity index (χ1v) is 13.8. The van der Waals surface area contributed by atoms with Gasteiger partial charge in [-0.25, -0.2) is 4.98 Å². The van der Waals surface area contributed by atoms with E-state index in [1.165, 1.54) is 12.1 Å². The minimum absolute atomic E-state index is 0.0739. The maximum absolute atomic E-state index is 13.2. The second kappa shape index (κ2) is 12.3. The average molecular weight is 610 g/mol. The lowest BCUT2D eigenvalue weighted by atomic mass is 9.92. The average Bonchev–Trinajstić information content (AvgIpc) is 2.99. The third kappa shape index (κ3) is 7.35. The zero-order valence-corrected chi connectivity index (χ0v) is 22.9. The predicted octanol–water partition coefficient (Wildman–Crippen LogP) is 6.76. The van der Waals surface area contributed by atoms with Crippen LogP contribution in [0.5, 0.6) is 0 Å². The van der Waals surface area contributed by atoms with Crippen LogP contribution in [-0.2, 0) is 21.9 Å². The molecular formula is C29H29F6N5O3. The number of benzene rings is 2. The Balaban J connectivity index is 1.06. The van der Waals surface area contributed by atoms with Gasteiger partial charge in [-0.3, -0.25) is 4.79 Å². The first-order valence-electron chi connectivity index (χ1n) is 13.8. The third-order valence-corrected chi connectivity index (χ3v) is 7.85. The van der Waals surface area contributed by atoms with Gasteiger partial charge in [-0.2, -0.15) is 26.3 Å². The number of carbonyl (C=O) groups excluding carboxylic acids is 1. The molecule has 0 radical (unpaired) electrons. The van der Waals surface area contributed by atoms with E-state index in [-0.39, 0.29) is 30.3 Å². The van der Waals surface area contributed by atoms with Crippen molar-refractivity contribution in [2.45, 2.75) is 50.2 Å². The summed E-state index contributed by atoms with van der Waals surface area (Å²) in [6, 6.07) is 10.0. The van der Waals surface area contributed by atoms with Gasteiger partial charge < -0.3 is 19.9 Å². The Morgan fingerprint density at radius 2 is 1.63 bits per heavy atom. The van der Waals surface area contributed by atoms with Crippen LogP contribution in [0.1, 0.15) is 36.8 Å². The summed E-state index contributed by atoms with van der Waals surface area (Å²) in [4.78, 5) is 31.7. The summed E-state index contributed by atoms with van der Waals surface area (Å²) < 4.78 is 84.5. The maximum atomic E-state index is 13.2. The summed E-state index contributed by atoms with van der Waals surface area (Å²) in [6.07, 6.45) is -6.70. The molecular weight excluding hydrogens is 580 g/mol. The number of hydrogen-bond donors (Lipinski definition) is 1. The summed E-state index contributed by atoms with van der Waals surface area (Å²) in [5.41, 5.74) is -1.75. The van der Waals surface area contributed by atoms with Crippen LogP contribution in [0.25, 0.3) is 10.9 Å². The molecule has 2 aliphatic rings. The van der Waals surface area contributed by atoms with Gasteiger partial charge in [-0.1, -0.05) is 0 Å². The summed E-state index contributed by atoms with van der Waals surface area (Å²) in [6.45, 7) is 1.85. The molecule has 2 fully saturated rings. The lowest BCUT2D eigenvalue weighted by molar-refractivity contribution is -0.139. The molecule has 14 heteroatoms. The number of halogens is 6.